The van der Waals surface area contributed by atoms with Crippen LogP contribution < -0.4 is 4.90 Å². The molecule has 0 radical (unpaired) electrons. The molecule has 0 spiro atoms. The first-order valence-electron chi connectivity index (χ1n) is 9.65. The van der Waals surface area contributed by atoms with E-state index >= 15 is 0 Å². The van der Waals surface area contributed by atoms with E-state index in [1.54, 1.807) is 6.07 Å². The van der Waals surface area contributed by atoms with Crippen molar-refractivity contribution in [3.05, 3.63) is 77.4 Å². The molecule has 29 heavy (non-hydrogen) atoms. The molecule has 0 saturated heterocycles. The minimum Gasteiger partial charge on any atom is -0.462 e. The Balaban J connectivity index is 1.66. The lowest BCUT2D eigenvalue weighted by molar-refractivity contribution is 0.0488. The Bertz CT molecular complexity index is 1130. The molecule has 0 N–H and O–H groups in total. The van der Waals surface area contributed by atoms with Crippen molar-refractivity contribution in [3.8, 4) is 0 Å². The number of ether oxygens (including phenoxy) is 1. The highest BCUT2D eigenvalue weighted by atomic mass is 16.5. The van der Waals surface area contributed by atoms with Gasteiger partial charge in [0.25, 0.3) is 11.8 Å². The van der Waals surface area contributed by atoms with Crippen molar-refractivity contribution in [2.45, 2.75) is 20.3 Å². The van der Waals surface area contributed by atoms with Crippen LogP contribution >= 0.6 is 0 Å². The molecular formula is C24H21NO4. The van der Waals surface area contributed by atoms with E-state index in [9.17, 15) is 14.4 Å². The van der Waals surface area contributed by atoms with Crippen LogP contribution in [0.15, 0.2) is 60.7 Å². The molecule has 2 amide bonds. The normalized spacial score (nSPS) is 13.3. The maximum atomic E-state index is 13.1. The van der Waals surface area contributed by atoms with Crippen LogP contribution in [0, 0.1) is 5.92 Å². The number of hydrogen-bond donors (Lipinski definition) is 0. The molecule has 3 aromatic rings. The van der Waals surface area contributed by atoms with Crippen molar-refractivity contribution in [2.24, 2.45) is 5.92 Å². The first kappa shape index (κ1) is 18.9. The number of amides is 2. The van der Waals surface area contributed by atoms with E-state index in [0.29, 0.717) is 23.8 Å². The van der Waals surface area contributed by atoms with Gasteiger partial charge in [0.1, 0.15) is 0 Å². The summed E-state index contributed by atoms with van der Waals surface area (Å²) in [5.41, 5.74) is 1.33. The molecule has 146 valence electrons. The van der Waals surface area contributed by atoms with Gasteiger partial charge in [-0.25, -0.2) is 9.69 Å². The second kappa shape index (κ2) is 7.51. The second-order valence-electron chi connectivity index (χ2n) is 7.52. The van der Waals surface area contributed by atoms with Gasteiger partial charge >= 0.3 is 5.97 Å². The third-order valence-corrected chi connectivity index (χ3v) is 5.06. The minimum absolute atomic E-state index is 0.223. The second-order valence-corrected chi connectivity index (χ2v) is 7.52. The largest absolute Gasteiger partial charge is 0.462 e. The Labute approximate surface area is 168 Å². The Morgan fingerprint density at radius 3 is 2.45 bits per heavy atom. The molecule has 1 aliphatic rings. The fourth-order valence-electron chi connectivity index (χ4n) is 3.46. The summed E-state index contributed by atoms with van der Waals surface area (Å²) in [5, 5.41) is 1.76. The Morgan fingerprint density at radius 2 is 1.66 bits per heavy atom. The molecule has 0 unspecified atom stereocenters. The van der Waals surface area contributed by atoms with E-state index in [-0.39, 0.29) is 17.0 Å². The Hall–Kier alpha value is -3.47. The summed E-state index contributed by atoms with van der Waals surface area (Å²) in [6, 6.07) is 17.6. The number of hydrogen-bond acceptors (Lipinski definition) is 4. The molecule has 5 heteroatoms. The Kier molecular flexibility index (Phi) is 4.89. The molecule has 0 bridgehead atoms. The molecule has 3 aromatic carbocycles. The number of fused-ring (bicyclic) bond motifs is 2. The minimum atomic E-state index is -0.489. The summed E-state index contributed by atoms with van der Waals surface area (Å²) >= 11 is 0. The molecule has 0 atom stereocenters. The van der Waals surface area contributed by atoms with Crippen LogP contribution in [-0.4, -0.2) is 24.4 Å². The van der Waals surface area contributed by atoms with Gasteiger partial charge < -0.3 is 4.74 Å². The number of anilines is 1. The van der Waals surface area contributed by atoms with E-state index in [1.807, 2.05) is 36.4 Å². The van der Waals surface area contributed by atoms with Crippen molar-refractivity contribution < 1.29 is 19.1 Å². The number of benzene rings is 3. The van der Waals surface area contributed by atoms with Gasteiger partial charge in [-0.15, -0.1) is 0 Å². The standard InChI is InChI=1S/C24H21NO4/c1-15(2)12-13-29-24(28)17-10-11-19-20(14-17)23(27)25(22(19)26)21-9-5-7-16-6-3-4-8-18(16)21/h3-11,14-15H,12-13H2,1-2H3. The molecule has 0 saturated carbocycles. The fourth-order valence-corrected chi connectivity index (χ4v) is 3.46. The molecule has 4 rings (SSSR count). The quantitative estimate of drug-likeness (QED) is 0.464. The Morgan fingerprint density at radius 1 is 0.931 bits per heavy atom. The van der Waals surface area contributed by atoms with Crippen LogP contribution in [-0.2, 0) is 4.74 Å². The van der Waals surface area contributed by atoms with E-state index in [2.05, 4.69) is 13.8 Å². The van der Waals surface area contributed by atoms with Crippen molar-refractivity contribution in [3.63, 3.8) is 0 Å². The lowest BCUT2D eigenvalue weighted by atomic mass is 10.1. The fraction of sp³-hybridized carbons (Fsp3) is 0.208. The van der Waals surface area contributed by atoms with Crippen molar-refractivity contribution >= 4 is 34.2 Å². The maximum Gasteiger partial charge on any atom is 0.338 e. The number of carbonyl (C=O) groups is 3. The van der Waals surface area contributed by atoms with Gasteiger partial charge in [-0.3, -0.25) is 9.59 Å². The van der Waals surface area contributed by atoms with Crippen molar-refractivity contribution in [1.82, 2.24) is 0 Å². The average molecular weight is 387 g/mol. The maximum absolute atomic E-state index is 13.1. The lowest BCUT2D eigenvalue weighted by Gasteiger charge is -2.16. The predicted octanol–water partition coefficient (Wildman–Crippen LogP) is 4.84. The number of esters is 1. The SMILES string of the molecule is CC(C)CCOC(=O)c1ccc2c(c1)C(=O)N(c1cccc3ccccc13)C2=O. The number of rotatable bonds is 5. The van der Waals surface area contributed by atoms with Crippen LogP contribution in [0.2, 0.25) is 0 Å². The molecule has 0 fully saturated rings. The molecule has 1 aliphatic heterocycles. The summed E-state index contributed by atoms with van der Waals surface area (Å²) in [6.45, 7) is 4.42. The van der Waals surface area contributed by atoms with E-state index in [1.165, 1.54) is 23.1 Å². The first-order chi connectivity index (χ1) is 14.0. The summed E-state index contributed by atoms with van der Waals surface area (Å²) in [7, 11) is 0. The zero-order valence-electron chi connectivity index (χ0n) is 16.3. The number of carbonyl (C=O) groups excluding carboxylic acids is 3. The first-order valence-corrected chi connectivity index (χ1v) is 9.65. The van der Waals surface area contributed by atoms with Crippen LogP contribution in [0.4, 0.5) is 5.69 Å². The van der Waals surface area contributed by atoms with Gasteiger partial charge in [0, 0.05) is 5.39 Å². The third-order valence-electron chi connectivity index (χ3n) is 5.06. The summed E-state index contributed by atoms with van der Waals surface area (Å²) in [6.07, 6.45) is 0.767. The predicted molar refractivity (Wildman–Crippen MR) is 111 cm³/mol. The zero-order chi connectivity index (χ0) is 20.5. The number of nitrogens with zero attached hydrogens (tertiary/aromatic N) is 1. The smallest absolute Gasteiger partial charge is 0.338 e. The van der Waals surface area contributed by atoms with Gasteiger partial charge in [0.05, 0.1) is 29.0 Å². The molecule has 1 heterocycles. The van der Waals surface area contributed by atoms with Gasteiger partial charge in [-0.05, 0) is 42.0 Å². The lowest BCUT2D eigenvalue weighted by Crippen LogP contribution is -2.29. The number of imide groups is 1. The average Bonchev–Trinajstić information content (AvgIpc) is 2.97. The van der Waals surface area contributed by atoms with Crippen LogP contribution in [0.25, 0.3) is 10.8 Å². The van der Waals surface area contributed by atoms with Gasteiger partial charge in [0.15, 0.2) is 0 Å². The van der Waals surface area contributed by atoms with Gasteiger partial charge in [-0.1, -0.05) is 50.2 Å². The third kappa shape index (κ3) is 3.40. The highest BCUT2D eigenvalue weighted by Gasteiger charge is 2.37. The van der Waals surface area contributed by atoms with E-state index in [0.717, 1.165) is 17.2 Å². The molecular weight excluding hydrogens is 366 g/mol. The van der Waals surface area contributed by atoms with Crippen LogP contribution in [0.5, 0.6) is 0 Å². The van der Waals surface area contributed by atoms with Crippen molar-refractivity contribution in [2.75, 3.05) is 11.5 Å². The highest BCUT2D eigenvalue weighted by Crippen LogP contribution is 2.34. The van der Waals surface area contributed by atoms with E-state index < -0.39 is 11.9 Å². The van der Waals surface area contributed by atoms with Crippen molar-refractivity contribution in [1.29, 1.82) is 0 Å². The molecule has 5 nitrogen and oxygen atoms in total. The van der Waals surface area contributed by atoms with Gasteiger partial charge in [0.2, 0.25) is 0 Å². The van der Waals surface area contributed by atoms with Gasteiger partial charge in [-0.2, -0.15) is 0 Å². The monoisotopic (exact) mass is 387 g/mol. The summed E-state index contributed by atoms with van der Waals surface area (Å²) in [5.74, 6) is -0.882. The molecule has 0 aromatic heterocycles. The van der Waals surface area contributed by atoms with Crippen LogP contribution in [0.1, 0.15) is 51.3 Å². The topological polar surface area (TPSA) is 63.7 Å². The molecule has 0 aliphatic carbocycles. The van der Waals surface area contributed by atoms with E-state index in [4.69, 9.17) is 4.74 Å². The highest BCUT2D eigenvalue weighted by molar-refractivity contribution is 6.36. The zero-order valence-corrected chi connectivity index (χ0v) is 16.3. The van der Waals surface area contributed by atoms with Crippen LogP contribution in [0.3, 0.4) is 0 Å². The summed E-state index contributed by atoms with van der Waals surface area (Å²) in [4.78, 5) is 39.5. The summed E-state index contributed by atoms with van der Waals surface area (Å²) < 4.78 is 5.28.